The number of rotatable bonds is 8. The third-order valence-electron chi connectivity index (χ3n) is 5.13. The van der Waals surface area contributed by atoms with Crippen molar-refractivity contribution in [1.82, 2.24) is 9.88 Å². The molecule has 0 N–H and O–H groups in total. The van der Waals surface area contributed by atoms with E-state index < -0.39 is 0 Å². The molecule has 2 aromatic rings. The van der Waals surface area contributed by atoms with E-state index in [2.05, 4.69) is 51.2 Å². The number of aromatic nitrogens is 1. The van der Waals surface area contributed by atoms with Crippen LogP contribution in [-0.4, -0.2) is 67.5 Å². The molecule has 1 aromatic carbocycles. The van der Waals surface area contributed by atoms with Crippen LogP contribution in [0.25, 0.3) is 0 Å². The lowest BCUT2D eigenvalue weighted by Crippen LogP contribution is -2.38. The van der Waals surface area contributed by atoms with Crippen LogP contribution in [0.3, 0.4) is 0 Å². The zero-order valence-corrected chi connectivity index (χ0v) is 18.3. The van der Waals surface area contributed by atoms with Crippen LogP contribution in [0.1, 0.15) is 11.1 Å². The highest BCUT2D eigenvalue weighted by Crippen LogP contribution is 2.29. The van der Waals surface area contributed by atoms with Crippen LogP contribution in [0, 0.1) is 6.92 Å². The van der Waals surface area contributed by atoms with E-state index in [1.807, 2.05) is 23.9 Å². The molecule has 3 heterocycles. The number of benzene rings is 1. The first kappa shape index (κ1) is 21.1. The number of nitrogens with zero attached hydrogens (tertiary/aromatic N) is 5. The first-order chi connectivity index (χ1) is 14.8. The number of ether oxygens (including phenoxy) is 2. The molecule has 2 aliphatic heterocycles. The molecule has 0 saturated carbocycles. The highest BCUT2D eigenvalue weighted by atomic mass is 32.2. The van der Waals surface area contributed by atoms with Crippen molar-refractivity contribution in [1.29, 1.82) is 0 Å². The number of anilines is 1. The van der Waals surface area contributed by atoms with Gasteiger partial charge in [-0.2, -0.15) is 15.2 Å². The van der Waals surface area contributed by atoms with E-state index in [1.165, 1.54) is 5.56 Å². The maximum Gasteiger partial charge on any atom is 0.217 e. The van der Waals surface area contributed by atoms with Crippen molar-refractivity contribution in [3.05, 3.63) is 47.5 Å². The second kappa shape index (κ2) is 10.7. The van der Waals surface area contributed by atoms with Crippen molar-refractivity contribution < 1.29 is 9.47 Å². The minimum absolute atomic E-state index is 0.562. The molecular formula is C22H29N5O2S. The van der Waals surface area contributed by atoms with Gasteiger partial charge in [-0.3, -0.25) is 4.90 Å². The molecule has 8 heteroatoms. The fourth-order valence-electron chi connectivity index (χ4n) is 3.48. The molecule has 0 spiro atoms. The average Bonchev–Trinajstić information content (AvgIpc) is 3.30. The van der Waals surface area contributed by atoms with Gasteiger partial charge in [-0.15, -0.1) is 11.8 Å². The molecular weight excluding hydrogens is 398 g/mol. The Morgan fingerprint density at radius 1 is 1.17 bits per heavy atom. The van der Waals surface area contributed by atoms with Gasteiger partial charge in [0.15, 0.2) is 0 Å². The Morgan fingerprint density at radius 2 is 2.07 bits per heavy atom. The lowest BCUT2D eigenvalue weighted by atomic mass is 10.1. The van der Waals surface area contributed by atoms with Crippen molar-refractivity contribution in [3.63, 3.8) is 0 Å². The van der Waals surface area contributed by atoms with Gasteiger partial charge in [0, 0.05) is 44.1 Å². The second-order valence-electron chi connectivity index (χ2n) is 7.51. The van der Waals surface area contributed by atoms with Crippen molar-refractivity contribution >= 4 is 23.3 Å². The maximum absolute atomic E-state index is 6.00. The molecule has 4 rings (SSSR count). The third kappa shape index (κ3) is 6.17. The Morgan fingerprint density at radius 3 is 2.87 bits per heavy atom. The number of morpholine rings is 1. The predicted octanol–water partition coefficient (Wildman–Crippen LogP) is 3.90. The van der Waals surface area contributed by atoms with Gasteiger partial charge in [0.05, 0.1) is 31.3 Å². The number of hydrogen-bond donors (Lipinski definition) is 0. The van der Waals surface area contributed by atoms with Crippen LogP contribution in [0.2, 0.25) is 0 Å². The van der Waals surface area contributed by atoms with E-state index >= 15 is 0 Å². The van der Waals surface area contributed by atoms with E-state index in [1.54, 1.807) is 0 Å². The second-order valence-corrected chi connectivity index (χ2v) is 8.59. The quantitative estimate of drug-likeness (QED) is 0.596. The SMILES string of the molecule is Cc1cccc(CN=Nc2cc(OCCN3CCOCC3)nc(N3CCSC3)c2)c1. The Hall–Kier alpha value is -2.16. The van der Waals surface area contributed by atoms with Crippen LogP contribution in [-0.2, 0) is 11.3 Å². The normalized spacial score (nSPS) is 17.7. The summed E-state index contributed by atoms with van der Waals surface area (Å²) in [6.07, 6.45) is 0. The van der Waals surface area contributed by atoms with Crippen LogP contribution < -0.4 is 9.64 Å². The lowest BCUT2D eigenvalue weighted by Gasteiger charge is -2.26. The molecule has 7 nitrogen and oxygen atoms in total. The molecule has 0 radical (unpaired) electrons. The van der Waals surface area contributed by atoms with Crippen LogP contribution in [0.15, 0.2) is 46.6 Å². The van der Waals surface area contributed by atoms with Gasteiger partial charge >= 0.3 is 0 Å². The maximum atomic E-state index is 6.00. The number of aryl methyl sites for hydroxylation is 1. The Bertz CT molecular complexity index is 851. The van der Waals surface area contributed by atoms with Crippen molar-refractivity contribution in [3.8, 4) is 5.88 Å². The van der Waals surface area contributed by atoms with E-state index in [0.717, 1.165) is 68.1 Å². The Kier molecular flexibility index (Phi) is 7.55. The van der Waals surface area contributed by atoms with Gasteiger partial charge in [-0.05, 0) is 12.5 Å². The molecule has 0 aliphatic carbocycles. The molecule has 2 saturated heterocycles. The van der Waals surface area contributed by atoms with Gasteiger partial charge in [-0.1, -0.05) is 29.8 Å². The summed E-state index contributed by atoms with van der Waals surface area (Å²) in [6.45, 7) is 8.63. The van der Waals surface area contributed by atoms with E-state index in [0.29, 0.717) is 19.0 Å². The fourth-order valence-corrected chi connectivity index (χ4v) is 4.44. The minimum Gasteiger partial charge on any atom is -0.476 e. The van der Waals surface area contributed by atoms with Crippen molar-refractivity contribution in [2.45, 2.75) is 13.5 Å². The van der Waals surface area contributed by atoms with Crippen LogP contribution in [0.5, 0.6) is 5.88 Å². The third-order valence-corrected chi connectivity index (χ3v) is 6.10. The standard InChI is InChI=1S/C22H29N5O2S/c1-18-3-2-4-19(13-18)16-23-25-20-14-21(27-8-12-30-17-27)24-22(15-20)29-11-7-26-5-9-28-10-6-26/h2-4,13-15H,5-12,16-17H2,1H3. The summed E-state index contributed by atoms with van der Waals surface area (Å²) in [5.41, 5.74) is 3.17. The molecule has 30 heavy (non-hydrogen) atoms. The smallest absolute Gasteiger partial charge is 0.217 e. The highest BCUT2D eigenvalue weighted by Gasteiger charge is 2.16. The van der Waals surface area contributed by atoms with Crippen molar-refractivity contribution in [2.75, 3.05) is 62.5 Å². The number of azo groups is 1. The Balaban J connectivity index is 1.42. The largest absolute Gasteiger partial charge is 0.476 e. The first-order valence-electron chi connectivity index (χ1n) is 10.5. The predicted molar refractivity (Wildman–Crippen MR) is 121 cm³/mol. The molecule has 1 aromatic heterocycles. The zero-order chi connectivity index (χ0) is 20.6. The summed E-state index contributed by atoms with van der Waals surface area (Å²) in [5, 5.41) is 8.88. The summed E-state index contributed by atoms with van der Waals surface area (Å²) in [5.74, 6) is 3.59. The average molecular weight is 428 g/mol. The molecule has 0 amide bonds. The summed E-state index contributed by atoms with van der Waals surface area (Å²) in [4.78, 5) is 9.34. The fraction of sp³-hybridized carbons (Fsp3) is 0.500. The molecule has 160 valence electrons. The van der Waals surface area contributed by atoms with Gasteiger partial charge in [0.2, 0.25) is 5.88 Å². The van der Waals surface area contributed by atoms with Gasteiger partial charge < -0.3 is 14.4 Å². The van der Waals surface area contributed by atoms with Gasteiger partial charge in [0.1, 0.15) is 12.4 Å². The summed E-state index contributed by atoms with van der Waals surface area (Å²) in [7, 11) is 0. The molecule has 0 unspecified atom stereocenters. The monoisotopic (exact) mass is 427 g/mol. The van der Waals surface area contributed by atoms with E-state index in [4.69, 9.17) is 14.5 Å². The summed E-state index contributed by atoms with van der Waals surface area (Å²) in [6, 6.07) is 12.2. The van der Waals surface area contributed by atoms with Crippen LogP contribution >= 0.6 is 11.8 Å². The minimum atomic E-state index is 0.562. The highest BCUT2D eigenvalue weighted by molar-refractivity contribution is 7.99. The summed E-state index contributed by atoms with van der Waals surface area (Å²) >= 11 is 1.91. The number of thioether (sulfide) groups is 1. The first-order valence-corrected chi connectivity index (χ1v) is 11.6. The molecule has 2 fully saturated rings. The van der Waals surface area contributed by atoms with Gasteiger partial charge in [0.25, 0.3) is 0 Å². The topological polar surface area (TPSA) is 62.6 Å². The lowest BCUT2D eigenvalue weighted by molar-refractivity contribution is 0.0320. The number of hydrogen-bond acceptors (Lipinski definition) is 8. The van der Waals surface area contributed by atoms with Crippen molar-refractivity contribution in [2.24, 2.45) is 10.2 Å². The van der Waals surface area contributed by atoms with Crippen LogP contribution in [0.4, 0.5) is 11.5 Å². The Labute approximate surface area is 182 Å². The molecule has 2 aliphatic rings. The summed E-state index contributed by atoms with van der Waals surface area (Å²) < 4.78 is 11.4. The molecule has 0 bridgehead atoms. The van der Waals surface area contributed by atoms with E-state index in [-0.39, 0.29) is 0 Å². The zero-order valence-electron chi connectivity index (χ0n) is 17.5. The van der Waals surface area contributed by atoms with Gasteiger partial charge in [-0.25, -0.2) is 0 Å². The van der Waals surface area contributed by atoms with E-state index in [9.17, 15) is 0 Å². The number of pyridine rings is 1. The molecule has 0 atom stereocenters.